The maximum atomic E-state index is 6.23. The fraction of sp³-hybridized carbons (Fsp3) is 0.500. The number of hydrogen-bond donors (Lipinski definition) is 0. The molecule has 1 fully saturated rings. The summed E-state index contributed by atoms with van der Waals surface area (Å²) < 4.78 is 14.1. The van der Waals surface area contributed by atoms with Crippen molar-refractivity contribution < 1.29 is 9.47 Å². The minimum Gasteiger partial charge on any atom is -0.486 e. The molecule has 2 aliphatic heterocycles. The number of fused-ring (bicyclic) bond motifs is 1. The zero-order valence-corrected chi connectivity index (χ0v) is 13.3. The smallest absolute Gasteiger partial charge is 0.138 e. The number of ether oxygens (including phenoxy) is 2. The molecular weight excluding hydrogens is 290 g/mol. The molecule has 4 heterocycles. The summed E-state index contributed by atoms with van der Waals surface area (Å²) in [5.41, 5.74) is 1.37. The normalized spacial score (nSPS) is 23.2. The Bertz CT molecular complexity index is 622. The van der Waals surface area contributed by atoms with Crippen LogP contribution in [0.4, 0.5) is 0 Å². The van der Waals surface area contributed by atoms with Crippen molar-refractivity contribution in [2.75, 3.05) is 19.8 Å². The lowest BCUT2D eigenvalue weighted by molar-refractivity contribution is 0.0171. The first-order valence-corrected chi connectivity index (χ1v) is 8.41. The van der Waals surface area contributed by atoms with Crippen LogP contribution in [0.1, 0.15) is 18.5 Å². The average molecular weight is 313 g/mol. The topological polar surface area (TPSA) is 39.5 Å². The van der Waals surface area contributed by atoms with Crippen molar-refractivity contribution in [3.05, 3.63) is 48.5 Å². The van der Waals surface area contributed by atoms with E-state index in [0.29, 0.717) is 6.04 Å². The van der Waals surface area contributed by atoms with Gasteiger partial charge in [0.1, 0.15) is 11.9 Å². The molecule has 2 aliphatic rings. The molecule has 0 radical (unpaired) electrons. The third kappa shape index (κ3) is 3.41. The second-order valence-corrected chi connectivity index (χ2v) is 6.35. The summed E-state index contributed by atoms with van der Waals surface area (Å²) in [6.45, 7) is 4.56. The molecule has 0 aliphatic carbocycles. The first kappa shape index (κ1) is 14.7. The van der Waals surface area contributed by atoms with E-state index in [-0.39, 0.29) is 6.10 Å². The maximum absolute atomic E-state index is 6.23. The predicted molar refractivity (Wildman–Crippen MR) is 87.3 cm³/mol. The van der Waals surface area contributed by atoms with Gasteiger partial charge in [-0.25, -0.2) is 0 Å². The molecule has 1 unspecified atom stereocenters. The van der Waals surface area contributed by atoms with Crippen LogP contribution in [-0.2, 0) is 17.8 Å². The molecule has 1 atom stereocenters. The third-order valence-electron chi connectivity index (χ3n) is 4.77. The number of aromatic nitrogens is 2. The number of nitrogens with zero attached hydrogens (tertiary/aromatic N) is 3. The van der Waals surface area contributed by atoms with E-state index in [0.717, 1.165) is 51.4 Å². The van der Waals surface area contributed by atoms with Crippen molar-refractivity contribution in [1.29, 1.82) is 0 Å². The lowest BCUT2D eigenvalue weighted by Crippen LogP contribution is -2.43. The molecule has 0 spiro atoms. The zero-order valence-electron chi connectivity index (χ0n) is 13.3. The second-order valence-electron chi connectivity index (χ2n) is 6.35. The largest absolute Gasteiger partial charge is 0.486 e. The molecule has 1 saturated heterocycles. The van der Waals surface area contributed by atoms with Crippen LogP contribution in [0.2, 0.25) is 0 Å². The Balaban J connectivity index is 1.54. The van der Waals surface area contributed by atoms with Gasteiger partial charge in [-0.15, -0.1) is 0 Å². The Morgan fingerprint density at radius 1 is 1.13 bits per heavy atom. The van der Waals surface area contributed by atoms with Crippen LogP contribution < -0.4 is 4.74 Å². The summed E-state index contributed by atoms with van der Waals surface area (Å²) in [5, 5.41) is 0. The fourth-order valence-electron chi connectivity index (χ4n) is 3.59. The monoisotopic (exact) mass is 313 g/mol. The van der Waals surface area contributed by atoms with Gasteiger partial charge in [0.15, 0.2) is 0 Å². The van der Waals surface area contributed by atoms with Crippen molar-refractivity contribution in [3.63, 3.8) is 0 Å². The van der Waals surface area contributed by atoms with Crippen molar-refractivity contribution in [3.8, 4) is 5.75 Å². The van der Waals surface area contributed by atoms with Gasteiger partial charge >= 0.3 is 0 Å². The third-order valence-corrected chi connectivity index (χ3v) is 4.77. The predicted octanol–water partition coefficient (Wildman–Crippen LogP) is 2.33. The first-order chi connectivity index (χ1) is 11.4. The van der Waals surface area contributed by atoms with Crippen LogP contribution in [0.15, 0.2) is 42.9 Å². The molecule has 5 nitrogen and oxygen atoms in total. The molecule has 0 bridgehead atoms. The van der Waals surface area contributed by atoms with Crippen LogP contribution >= 0.6 is 0 Å². The highest BCUT2D eigenvalue weighted by Crippen LogP contribution is 2.23. The molecule has 5 heteroatoms. The summed E-state index contributed by atoms with van der Waals surface area (Å²) in [5.74, 6) is 0.847. The van der Waals surface area contributed by atoms with Crippen LogP contribution in [0.3, 0.4) is 0 Å². The number of hydrogen-bond acceptors (Lipinski definition) is 4. The Labute approximate surface area is 136 Å². The molecule has 122 valence electrons. The summed E-state index contributed by atoms with van der Waals surface area (Å²) in [6.07, 6.45) is 8.08. The van der Waals surface area contributed by atoms with Gasteiger partial charge < -0.3 is 14.0 Å². The van der Waals surface area contributed by atoms with E-state index in [1.54, 1.807) is 12.4 Å². The highest BCUT2D eigenvalue weighted by atomic mass is 16.5. The maximum Gasteiger partial charge on any atom is 0.138 e. The van der Waals surface area contributed by atoms with Crippen molar-refractivity contribution >= 4 is 0 Å². The molecular formula is C18H23N3O2. The molecule has 23 heavy (non-hydrogen) atoms. The van der Waals surface area contributed by atoms with E-state index in [1.807, 2.05) is 12.1 Å². The van der Waals surface area contributed by atoms with Gasteiger partial charge in [0.05, 0.1) is 12.7 Å². The average Bonchev–Trinajstić information content (AvgIpc) is 2.95. The van der Waals surface area contributed by atoms with Crippen LogP contribution in [-0.4, -0.2) is 46.4 Å². The SMILES string of the molecule is c1cncc(OC2CN(C3CCOCC3)Cc3cccn3C2)c1. The Morgan fingerprint density at radius 2 is 2.04 bits per heavy atom. The van der Waals surface area contributed by atoms with Crippen LogP contribution in [0.25, 0.3) is 0 Å². The minimum absolute atomic E-state index is 0.135. The first-order valence-electron chi connectivity index (χ1n) is 8.41. The lowest BCUT2D eigenvalue weighted by atomic mass is 10.1. The summed E-state index contributed by atoms with van der Waals surface area (Å²) in [7, 11) is 0. The van der Waals surface area contributed by atoms with E-state index in [2.05, 4.69) is 32.8 Å². The highest BCUT2D eigenvalue weighted by Gasteiger charge is 2.28. The van der Waals surface area contributed by atoms with E-state index in [9.17, 15) is 0 Å². The summed E-state index contributed by atoms with van der Waals surface area (Å²) >= 11 is 0. The van der Waals surface area contributed by atoms with Gasteiger partial charge in [-0.3, -0.25) is 9.88 Å². The summed E-state index contributed by atoms with van der Waals surface area (Å²) in [4.78, 5) is 6.73. The molecule has 0 N–H and O–H groups in total. The summed E-state index contributed by atoms with van der Waals surface area (Å²) in [6, 6.07) is 8.84. The highest BCUT2D eigenvalue weighted by molar-refractivity contribution is 5.16. The van der Waals surface area contributed by atoms with E-state index in [1.165, 1.54) is 5.69 Å². The van der Waals surface area contributed by atoms with Crippen molar-refractivity contribution in [2.24, 2.45) is 0 Å². The van der Waals surface area contributed by atoms with E-state index in [4.69, 9.17) is 9.47 Å². The minimum atomic E-state index is 0.135. The Hall–Kier alpha value is -1.85. The van der Waals surface area contributed by atoms with Crippen LogP contribution in [0.5, 0.6) is 5.75 Å². The molecule has 2 aromatic rings. The fourth-order valence-corrected chi connectivity index (χ4v) is 3.59. The van der Waals surface area contributed by atoms with E-state index < -0.39 is 0 Å². The van der Waals surface area contributed by atoms with Gasteiger partial charge in [-0.1, -0.05) is 0 Å². The molecule has 0 amide bonds. The van der Waals surface area contributed by atoms with Gasteiger partial charge in [-0.05, 0) is 37.1 Å². The lowest BCUT2D eigenvalue weighted by Gasteiger charge is -2.34. The molecule has 2 aromatic heterocycles. The van der Waals surface area contributed by atoms with Gasteiger partial charge in [-0.2, -0.15) is 0 Å². The van der Waals surface area contributed by atoms with Crippen LogP contribution in [0, 0.1) is 0 Å². The number of rotatable bonds is 3. The van der Waals surface area contributed by atoms with Crippen molar-refractivity contribution in [1.82, 2.24) is 14.5 Å². The van der Waals surface area contributed by atoms with Gasteiger partial charge in [0.2, 0.25) is 0 Å². The quantitative estimate of drug-likeness (QED) is 0.872. The van der Waals surface area contributed by atoms with Gasteiger partial charge in [0, 0.05) is 50.4 Å². The zero-order chi connectivity index (χ0) is 15.5. The Morgan fingerprint density at radius 3 is 2.87 bits per heavy atom. The standard InChI is InChI=1S/C18H23N3O2/c1-4-17(11-19-7-1)23-18-13-20-8-2-3-16(20)12-21(14-18)15-5-9-22-10-6-15/h1-4,7-8,11,15,18H,5-6,9-10,12-14H2. The molecule has 0 saturated carbocycles. The number of pyridine rings is 1. The van der Waals surface area contributed by atoms with E-state index >= 15 is 0 Å². The van der Waals surface area contributed by atoms with Gasteiger partial charge in [0.25, 0.3) is 0 Å². The molecule has 4 rings (SSSR count). The molecule has 0 aromatic carbocycles. The van der Waals surface area contributed by atoms with Crippen molar-refractivity contribution in [2.45, 2.75) is 38.1 Å². The Kier molecular flexibility index (Phi) is 4.30. The second kappa shape index (κ2) is 6.72.